The van der Waals surface area contributed by atoms with E-state index in [9.17, 15) is 22.8 Å². The number of hydrogen-bond donors (Lipinski definition) is 1. The van der Waals surface area contributed by atoms with Crippen molar-refractivity contribution in [3.05, 3.63) is 106 Å². The van der Waals surface area contributed by atoms with Gasteiger partial charge in [0.1, 0.15) is 5.65 Å². The van der Waals surface area contributed by atoms with E-state index in [1.54, 1.807) is 13.0 Å². The minimum atomic E-state index is -4.48. The second-order valence-corrected chi connectivity index (χ2v) is 7.75. The molecule has 0 bridgehead atoms. The van der Waals surface area contributed by atoms with Crippen molar-refractivity contribution in [2.75, 3.05) is 0 Å². The lowest BCUT2D eigenvalue weighted by Crippen LogP contribution is -2.27. The Kier molecular flexibility index (Phi) is 5.76. The summed E-state index contributed by atoms with van der Waals surface area (Å²) in [5.74, 6) is -0.326. The standard InChI is InChI=1S/C25H20F3N3O2/c1-15-12-22(32)31(20-10-8-19(9-11-20)25(26,27)28)23-21(15)13-18(14-29-23)24(33)30-16(2)17-6-4-3-5-7-17/h3-14,16H,1-2H3,(H,30,33)/t16-/m0/s1. The van der Waals surface area contributed by atoms with E-state index in [2.05, 4.69) is 10.3 Å². The SMILES string of the molecule is Cc1cc(=O)n(-c2ccc(C(F)(F)F)cc2)c2ncc(C(=O)N[C@@H](C)c3ccccc3)cc12. The Morgan fingerprint density at radius 1 is 1.03 bits per heavy atom. The smallest absolute Gasteiger partial charge is 0.345 e. The summed E-state index contributed by atoms with van der Waals surface area (Å²) in [6.07, 6.45) is -3.12. The van der Waals surface area contributed by atoms with Crippen LogP contribution in [0.2, 0.25) is 0 Å². The molecule has 1 amide bonds. The Morgan fingerprint density at radius 2 is 1.70 bits per heavy atom. The van der Waals surface area contributed by atoms with E-state index in [1.807, 2.05) is 37.3 Å². The molecule has 168 valence electrons. The monoisotopic (exact) mass is 451 g/mol. The van der Waals surface area contributed by atoms with Gasteiger partial charge in [-0.15, -0.1) is 0 Å². The van der Waals surface area contributed by atoms with Gasteiger partial charge in [-0.25, -0.2) is 4.98 Å². The fraction of sp³-hybridized carbons (Fsp3) is 0.160. The van der Waals surface area contributed by atoms with Crippen LogP contribution in [0.4, 0.5) is 13.2 Å². The lowest BCUT2D eigenvalue weighted by Gasteiger charge is -2.16. The molecule has 2 heterocycles. The molecule has 0 aliphatic rings. The predicted molar refractivity (Wildman–Crippen MR) is 119 cm³/mol. The average Bonchev–Trinajstić information content (AvgIpc) is 2.79. The summed E-state index contributed by atoms with van der Waals surface area (Å²) >= 11 is 0. The number of hydrogen-bond acceptors (Lipinski definition) is 3. The van der Waals surface area contributed by atoms with Crippen molar-refractivity contribution in [2.24, 2.45) is 0 Å². The van der Waals surface area contributed by atoms with Crippen molar-refractivity contribution in [1.82, 2.24) is 14.9 Å². The van der Waals surface area contributed by atoms with Gasteiger partial charge in [0, 0.05) is 17.6 Å². The number of aromatic nitrogens is 2. The quantitative estimate of drug-likeness (QED) is 0.464. The van der Waals surface area contributed by atoms with E-state index in [-0.39, 0.29) is 23.3 Å². The number of carbonyl (C=O) groups excluding carboxylic acids is 1. The molecule has 5 nitrogen and oxygen atoms in total. The van der Waals surface area contributed by atoms with Crippen LogP contribution < -0.4 is 10.9 Å². The molecule has 0 radical (unpaired) electrons. The summed E-state index contributed by atoms with van der Waals surface area (Å²) in [6, 6.07) is 16.6. The van der Waals surface area contributed by atoms with Gasteiger partial charge in [-0.3, -0.25) is 14.2 Å². The summed E-state index contributed by atoms with van der Waals surface area (Å²) in [6.45, 7) is 3.59. The van der Waals surface area contributed by atoms with Gasteiger partial charge in [0.25, 0.3) is 11.5 Å². The van der Waals surface area contributed by atoms with E-state index in [0.29, 0.717) is 16.5 Å². The van der Waals surface area contributed by atoms with Crippen molar-refractivity contribution in [3.63, 3.8) is 0 Å². The van der Waals surface area contributed by atoms with Crippen molar-refractivity contribution in [3.8, 4) is 5.69 Å². The Hall–Kier alpha value is -3.94. The highest BCUT2D eigenvalue weighted by molar-refractivity contribution is 5.97. The van der Waals surface area contributed by atoms with Gasteiger partial charge in [-0.2, -0.15) is 13.2 Å². The minimum absolute atomic E-state index is 0.225. The van der Waals surface area contributed by atoms with Crippen molar-refractivity contribution in [1.29, 1.82) is 0 Å². The van der Waals surface area contributed by atoms with E-state index in [0.717, 1.165) is 17.7 Å². The van der Waals surface area contributed by atoms with Crippen molar-refractivity contribution in [2.45, 2.75) is 26.1 Å². The Bertz CT molecular complexity index is 1380. The molecular formula is C25H20F3N3O2. The molecule has 0 saturated heterocycles. The van der Waals surface area contributed by atoms with Crippen molar-refractivity contribution < 1.29 is 18.0 Å². The van der Waals surface area contributed by atoms with Crippen LogP contribution in [0, 0.1) is 6.92 Å². The lowest BCUT2D eigenvalue weighted by molar-refractivity contribution is -0.137. The molecular weight excluding hydrogens is 431 g/mol. The first-order valence-electron chi connectivity index (χ1n) is 10.2. The summed E-state index contributed by atoms with van der Waals surface area (Å²) in [5, 5.41) is 3.47. The van der Waals surface area contributed by atoms with Crippen molar-refractivity contribution >= 4 is 16.9 Å². The number of nitrogens with zero attached hydrogens (tertiary/aromatic N) is 2. The number of halogens is 3. The fourth-order valence-corrected chi connectivity index (χ4v) is 3.64. The minimum Gasteiger partial charge on any atom is -0.345 e. The zero-order valence-corrected chi connectivity index (χ0v) is 17.9. The molecule has 8 heteroatoms. The first kappa shape index (κ1) is 22.3. The van der Waals surface area contributed by atoms with Crippen LogP contribution in [-0.4, -0.2) is 15.5 Å². The van der Waals surface area contributed by atoms with Gasteiger partial charge in [0.05, 0.1) is 22.9 Å². The van der Waals surface area contributed by atoms with Gasteiger partial charge in [-0.05, 0) is 55.3 Å². The second kappa shape index (κ2) is 8.54. The Labute approximate surface area is 187 Å². The number of fused-ring (bicyclic) bond motifs is 1. The first-order chi connectivity index (χ1) is 15.6. The molecule has 2 aromatic carbocycles. The lowest BCUT2D eigenvalue weighted by atomic mass is 10.1. The van der Waals surface area contributed by atoms with Crippen LogP contribution in [0.3, 0.4) is 0 Å². The van der Waals surface area contributed by atoms with Gasteiger partial charge in [0.15, 0.2) is 0 Å². The van der Waals surface area contributed by atoms with Gasteiger partial charge < -0.3 is 5.32 Å². The maximum atomic E-state index is 12.9. The largest absolute Gasteiger partial charge is 0.416 e. The third-order valence-electron chi connectivity index (χ3n) is 5.43. The molecule has 1 atom stereocenters. The summed E-state index contributed by atoms with van der Waals surface area (Å²) in [7, 11) is 0. The zero-order chi connectivity index (χ0) is 23.8. The van der Waals surface area contributed by atoms with Crippen LogP contribution in [0.1, 0.15) is 40.0 Å². The van der Waals surface area contributed by atoms with E-state index in [1.165, 1.54) is 29.0 Å². The third-order valence-corrected chi connectivity index (χ3v) is 5.43. The highest BCUT2D eigenvalue weighted by atomic mass is 19.4. The number of rotatable bonds is 4. The van der Waals surface area contributed by atoms with Gasteiger partial charge >= 0.3 is 6.18 Å². The maximum absolute atomic E-state index is 12.9. The average molecular weight is 451 g/mol. The Morgan fingerprint density at radius 3 is 2.33 bits per heavy atom. The number of carbonyl (C=O) groups is 1. The first-order valence-corrected chi connectivity index (χ1v) is 10.2. The third kappa shape index (κ3) is 4.50. The second-order valence-electron chi connectivity index (χ2n) is 7.75. The van der Waals surface area contributed by atoms with E-state index in [4.69, 9.17) is 0 Å². The molecule has 4 rings (SSSR count). The topological polar surface area (TPSA) is 64.0 Å². The fourth-order valence-electron chi connectivity index (χ4n) is 3.64. The molecule has 33 heavy (non-hydrogen) atoms. The van der Waals surface area contributed by atoms with Crippen LogP contribution in [0.5, 0.6) is 0 Å². The highest BCUT2D eigenvalue weighted by Crippen LogP contribution is 2.30. The van der Waals surface area contributed by atoms with E-state index < -0.39 is 17.3 Å². The zero-order valence-electron chi connectivity index (χ0n) is 17.9. The molecule has 0 unspecified atom stereocenters. The predicted octanol–water partition coefficient (Wildman–Crippen LogP) is 5.20. The molecule has 0 aliphatic heterocycles. The van der Waals surface area contributed by atoms with E-state index >= 15 is 0 Å². The number of aryl methyl sites for hydroxylation is 1. The van der Waals surface area contributed by atoms with Crippen LogP contribution in [0.15, 0.2) is 77.7 Å². The normalized spacial score (nSPS) is 12.5. The summed E-state index contributed by atoms with van der Waals surface area (Å²) in [4.78, 5) is 29.8. The molecule has 1 N–H and O–H groups in total. The number of alkyl halides is 3. The number of pyridine rings is 2. The molecule has 0 saturated carbocycles. The highest BCUT2D eigenvalue weighted by Gasteiger charge is 2.30. The summed E-state index contributed by atoms with van der Waals surface area (Å²) < 4.78 is 40.0. The van der Waals surface area contributed by atoms with Gasteiger partial charge in [0.2, 0.25) is 0 Å². The maximum Gasteiger partial charge on any atom is 0.416 e. The number of amides is 1. The molecule has 0 aliphatic carbocycles. The number of benzene rings is 2. The van der Waals surface area contributed by atoms with Crippen LogP contribution in [-0.2, 0) is 6.18 Å². The Balaban J connectivity index is 1.72. The van der Waals surface area contributed by atoms with Gasteiger partial charge in [-0.1, -0.05) is 30.3 Å². The number of nitrogens with one attached hydrogen (secondary N) is 1. The molecule has 0 spiro atoms. The van der Waals surface area contributed by atoms with Crippen LogP contribution in [0.25, 0.3) is 16.7 Å². The molecule has 0 fully saturated rings. The van der Waals surface area contributed by atoms with Crippen LogP contribution >= 0.6 is 0 Å². The molecule has 4 aromatic rings. The molecule has 2 aromatic heterocycles. The summed E-state index contributed by atoms with van der Waals surface area (Å²) in [5.41, 5.74) is 1.14.